The van der Waals surface area contributed by atoms with Gasteiger partial charge in [0.25, 0.3) is 0 Å². The van der Waals surface area contributed by atoms with Crippen LogP contribution >= 0.6 is 46.3 Å². The second kappa shape index (κ2) is 10.4. The highest BCUT2D eigenvalue weighted by molar-refractivity contribution is 8.00. The SMILES string of the molecule is Cc1ccc(N2C(=O)[C@H]3[C@H](c4cccc(Cl)c4Cl)c4sc(=O)n(CC(=O)N5CCCCC5)c4S[C@H]3C2=O)cc1. The Balaban J connectivity index is 1.46. The summed E-state index contributed by atoms with van der Waals surface area (Å²) in [7, 11) is 0. The van der Waals surface area contributed by atoms with E-state index in [-0.39, 0.29) is 34.2 Å². The minimum absolute atomic E-state index is 0.102. The van der Waals surface area contributed by atoms with E-state index in [1.54, 1.807) is 35.2 Å². The molecule has 2 aromatic carbocycles. The van der Waals surface area contributed by atoms with Gasteiger partial charge in [-0.05, 0) is 49.9 Å². The lowest BCUT2D eigenvalue weighted by Crippen LogP contribution is -2.39. The summed E-state index contributed by atoms with van der Waals surface area (Å²) in [5.74, 6) is -2.25. The van der Waals surface area contributed by atoms with Gasteiger partial charge in [-0.25, -0.2) is 4.90 Å². The molecule has 39 heavy (non-hydrogen) atoms. The van der Waals surface area contributed by atoms with Crippen LogP contribution in [0.3, 0.4) is 0 Å². The van der Waals surface area contributed by atoms with Crippen LogP contribution in [-0.4, -0.2) is 45.5 Å². The van der Waals surface area contributed by atoms with Crippen molar-refractivity contribution in [3.8, 4) is 0 Å². The van der Waals surface area contributed by atoms with E-state index in [1.807, 2.05) is 19.1 Å². The summed E-state index contributed by atoms with van der Waals surface area (Å²) in [6, 6.07) is 12.4. The number of thiazole rings is 1. The van der Waals surface area contributed by atoms with Crippen molar-refractivity contribution < 1.29 is 14.4 Å². The highest BCUT2D eigenvalue weighted by Gasteiger charge is 2.57. The fourth-order valence-corrected chi connectivity index (χ4v) is 8.87. The molecule has 0 radical (unpaired) electrons. The van der Waals surface area contributed by atoms with Crippen LogP contribution in [0.25, 0.3) is 0 Å². The number of anilines is 1. The first-order valence-corrected chi connectivity index (χ1v) is 15.3. The first-order chi connectivity index (χ1) is 18.8. The van der Waals surface area contributed by atoms with Crippen molar-refractivity contribution in [2.45, 2.75) is 48.9 Å². The molecule has 1 aromatic heterocycles. The predicted molar refractivity (Wildman–Crippen MR) is 154 cm³/mol. The van der Waals surface area contributed by atoms with Gasteiger partial charge < -0.3 is 4.90 Å². The summed E-state index contributed by atoms with van der Waals surface area (Å²) >= 11 is 15.3. The third kappa shape index (κ3) is 4.53. The Kier molecular flexibility index (Phi) is 7.12. The number of fused-ring (bicyclic) bond motifs is 2. The molecule has 3 aliphatic rings. The van der Waals surface area contributed by atoms with E-state index in [0.717, 1.165) is 36.2 Å². The number of carbonyl (C=O) groups excluding carboxylic acids is 3. The molecule has 0 unspecified atom stereocenters. The molecule has 3 amide bonds. The summed E-state index contributed by atoms with van der Waals surface area (Å²) in [5.41, 5.74) is 2.10. The fraction of sp³-hybridized carbons (Fsp3) is 0.357. The van der Waals surface area contributed by atoms with Crippen LogP contribution in [0.15, 0.2) is 52.3 Å². The minimum atomic E-state index is -0.781. The van der Waals surface area contributed by atoms with E-state index in [4.69, 9.17) is 23.2 Å². The van der Waals surface area contributed by atoms with Crippen molar-refractivity contribution in [1.82, 2.24) is 9.47 Å². The maximum atomic E-state index is 14.0. The van der Waals surface area contributed by atoms with Crippen LogP contribution in [0.4, 0.5) is 5.69 Å². The van der Waals surface area contributed by atoms with Crippen LogP contribution in [-0.2, 0) is 20.9 Å². The Labute approximate surface area is 243 Å². The molecular weight excluding hydrogens is 577 g/mol. The predicted octanol–water partition coefficient (Wildman–Crippen LogP) is 5.33. The summed E-state index contributed by atoms with van der Waals surface area (Å²) in [5, 5.41) is 0.373. The number of halogens is 2. The van der Waals surface area contributed by atoms with E-state index in [2.05, 4.69) is 0 Å². The molecule has 2 fully saturated rings. The van der Waals surface area contributed by atoms with Gasteiger partial charge in [0.1, 0.15) is 11.8 Å². The molecule has 0 spiro atoms. The maximum Gasteiger partial charge on any atom is 0.308 e. The van der Waals surface area contributed by atoms with Gasteiger partial charge in [-0.15, -0.1) is 0 Å². The molecule has 0 saturated carbocycles. The Morgan fingerprint density at radius 3 is 2.41 bits per heavy atom. The van der Waals surface area contributed by atoms with Gasteiger partial charge in [-0.1, -0.05) is 76.1 Å². The lowest BCUT2D eigenvalue weighted by atomic mass is 9.83. The van der Waals surface area contributed by atoms with Gasteiger partial charge >= 0.3 is 4.87 Å². The van der Waals surface area contributed by atoms with E-state index < -0.39 is 17.1 Å². The van der Waals surface area contributed by atoms with Crippen LogP contribution < -0.4 is 9.77 Å². The molecule has 202 valence electrons. The van der Waals surface area contributed by atoms with Gasteiger partial charge in [0.15, 0.2) is 0 Å². The van der Waals surface area contributed by atoms with Gasteiger partial charge in [0.05, 0.1) is 26.7 Å². The second-order valence-corrected chi connectivity index (χ2v) is 13.0. The molecule has 0 bridgehead atoms. The Bertz CT molecular complexity index is 1550. The highest BCUT2D eigenvalue weighted by atomic mass is 35.5. The lowest BCUT2D eigenvalue weighted by Gasteiger charge is -2.31. The molecule has 0 N–H and O–H groups in total. The summed E-state index contributed by atoms with van der Waals surface area (Å²) in [6.07, 6.45) is 2.98. The first kappa shape index (κ1) is 26.6. The number of benzene rings is 2. The van der Waals surface area contributed by atoms with E-state index >= 15 is 0 Å². The molecule has 11 heteroatoms. The number of piperidine rings is 1. The van der Waals surface area contributed by atoms with Crippen LogP contribution in [0.5, 0.6) is 0 Å². The maximum absolute atomic E-state index is 14.0. The van der Waals surface area contributed by atoms with Crippen LogP contribution in [0.2, 0.25) is 10.0 Å². The molecule has 0 aliphatic carbocycles. The zero-order chi connectivity index (χ0) is 27.4. The molecular formula is C28H25Cl2N3O4S2. The number of hydrogen-bond donors (Lipinski definition) is 0. The summed E-state index contributed by atoms with van der Waals surface area (Å²) in [4.78, 5) is 57.6. The molecule has 2 saturated heterocycles. The number of imide groups is 1. The molecule has 3 aromatic rings. The van der Waals surface area contributed by atoms with Crippen molar-refractivity contribution in [2.75, 3.05) is 18.0 Å². The Hall–Kier alpha value is -2.59. The van der Waals surface area contributed by atoms with Gasteiger partial charge in [0.2, 0.25) is 17.7 Å². The van der Waals surface area contributed by atoms with E-state index in [9.17, 15) is 19.2 Å². The van der Waals surface area contributed by atoms with E-state index in [1.165, 1.54) is 21.2 Å². The van der Waals surface area contributed by atoms with Crippen molar-refractivity contribution in [2.24, 2.45) is 5.92 Å². The number of aryl methyl sites for hydroxylation is 1. The number of rotatable bonds is 4. The number of thioether (sulfide) groups is 1. The lowest BCUT2D eigenvalue weighted by molar-refractivity contribution is -0.133. The van der Waals surface area contributed by atoms with Crippen molar-refractivity contribution in [3.63, 3.8) is 0 Å². The monoisotopic (exact) mass is 601 g/mol. The molecule has 3 atom stereocenters. The third-order valence-corrected chi connectivity index (χ3v) is 11.1. The fourth-order valence-electron chi connectivity index (χ4n) is 5.68. The largest absolute Gasteiger partial charge is 0.341 e. The topological polar surface area (TPSA) is 79.7 Å². The Morgan fingerprint density at radius 1 is 0.974 bits per heavy atom. The molecule has 3 aliphatic heterocycles. The standard InChI is InChI=1S/C28H25Cl2N3O4S2/c1-15-8-10-16(11-9-15)33-25(35)21-20(17-6-5-7-18(29)22(17)30)24-27(38-23(21)26(33)36)32(28(37)39-24)14-19(34)31-12-3-2-4-13-31/h5-11,20-21,23H,2-4,12-14H2,1H3/t20-,21-,23+/m0/s1. The number of amides is 3. The normalized spacial score (nSPS) is 22.7. The number of aromatic nitrogens is 1. The second-order valence-electron chi connectivity index (χ2n) is 10.1. The first-order valence-electron chi connectivity index (χ1n) is 12.8. The molecule has 7 nitrogen and oxygen atoms in total. The zero-order valence-electron chi connectivity index (χ0n) is 21.1. The molecule has 6 rings (SSSR count). The third-order valence-electron chi connectivity index (χ3n) is 7.66. The van der Waals surface area contributed by atoms with E-state index in [0.29, 0.717) is 39.3 Å². The van der Waals surface area contributed by atoms with Crippen molar-refractivity contribution >= 4 is 69.7 Å². The van der Waals surface area contributed by atoms with Gasteiger partial charge in [-0.3, -0.25) is 23.7 Å². The number of hydrogen-bond acceptors (Lipinski definition) is 6. The van der Waals surface area contributed by atoms with Crippen molar-refractivity contribution in [3.05, 3.63) is 78.2 Å². The van der Waals surface area contributed by atoms with Gasteiger partial charge in [0, 0.05) is 23.9 Å². The number of nitrogens with zero attached hydrogens (tertiary/aromatic N) is 3. The quantitative estimate of drug-likeness (QED) is 0.377. The summed E-state index contributed by atoms with van der Waals surface area (Å²) in [6.45, 7) is 3.19. The number of carbonyl (C=O) groups is 3. The average molecular weight is 603 g/mol. The van der Waals surface area contributed by atoms with Gasteiger partial charge in [-0.2, -0.15) is 0 Å². The Morgan fingerprint density at radius 2 is 1.69 bits per heavy atom. The van der Waals surface area contributed by atoms with Crippen LogP contribution in [0.1, 0.15) is 41.2 Å². The zero-order valence-corrected chi connectivity index (χ0v) is 24.2. The summed E-state index contributed by atoms with van der Waals surface area (Å²) < 4.78 is 1.47. The smallest absolute Gasteiger partial charge is 0.308 e. The number of likely N-dealkylation sites (tertiary alicyclic amines) is 1. The average Bonchev–Trinajstić information content (AvgIpc) is 3.38. The van der Waals surface area contributed by atoms with Crippen LogP contribution in [0, 0.1) is 12.8 Å². The highest BCUT2D eigenvalue weighted by Crippen LogP contribution is 2.55. The molecule has 4 heterocycles. The van der Waals surface area contributed by atoms with Crippen molar-refractivity contribution in [1.29, 1.82) is 0 Å². The minimum Gasteiger partial charge on any atom is -0.341 e.